The topological polar surface area (TPSA) is 237 Å². The lowest BCUT2D eigenvalue weighted by atomic mass is 10.0. The molecule has 0 saturated heterocycles. The Hall–Kier alpha value is -1.94. The van der Waals surface area contributed by atoms with Gasteiger partial charge >= 0.3 is 39.5 Å². The number of rotatable bonds is 87. The van der Waals surface area contributed by atoms with Gasteiger partial charge in [0, 0.05) is 25.7 Å². The average Bonchev–Trinajstić information content (AvgIpc) is 0.899. The van der Waals surface area contributed by atoms with E-state index in [0.717, 1.165) is 108 Å². The fraction of sp³-hybridized carbons (Fsp3) is 0.955. The lowest BCUT2D eigenvalue weighted by molar-refractivity contribution is -0.161. The van der Waals surface area contributed by atoms with Gasteiger partial charge in [-0.1, -0.05) is 421 Å². The Bertz CT molecular complexity index is 2080. The maximum Gasteiger partial charge on any atom is 0.472 e. The number of unbranched alkanes of at least 4 members (excludes halogenated alkanes) is 55. The van der Waals surface area contributed by atoms with Crippen LogP contribution in [0.15, 0.2) is 0 Å². The van der Waals surface area contributed by atoms with Crippen LogP contribution in [0.2, 0.25) is 0 Å². The molecule has 0 aliphatic rings. The molecule has 0 fully saturated rings. The van der Waals surface area contributed by atoms with Crippen molar-refractivity contribution in [1.82, 2.24) is 0 Å². The number of esters is 4. The summed E-state index contributed by atoms with van der Waals surface area (Å²) in [5.74, 6) is 0.341. The molecule has 0 heterocycles. The number of phosphoric acid groups is 2. The Morgan fingerprint density at radius 1 is 0.250 bits per heavy atom. The first kappa shape index (κ1) is 106. The second-order valence-corrected chi connectivity index (χ2v) is 36.3. The first-order valence-electron chi connectivity index (χ1n) is 45.8. The molecule has 5 atom stereocenters. The first-order chi connectivity index (χ1) is 52.2. The Balaban J connectivity index is 5.20. The van der Waals surface area contributed by atoms with Crippen LogP contribution >= 0.6 is 15.6 Å². The molecule has 0 radical (unpaired) electrons. The molecular formula is C89H174O17P2. The zero-order chi connectivity index (χ0) is 79.3. The van der Waals surface area contributed by atoms with Gasteiger partial charge in [-0.05, 0) is 43.4 Å². The highest BCUT2D eigenvalue weighted by atomic mass is 31.2. The van der Waals surface area contributed by atoms with Crippen molar-refractivity contribution in [1.29, 1.82) is 0 Å². The number of carbonyl (C=O) groups excluding carboxylic acids is 4. The van der Waals surface area contributed by atoms with Crippen LogP contribution in [0, 0.1) is 17.8 Å². The molecule has 108 heavy (non-hydrogen) atoms. The van der Waals surface area contributed by atoms with Crippen molar-refractivity contribution >= 4 is 39.5 Å². The Labute approximate surface area is 664 Å². The molecular weight excluding hydrogens is 1400 g/mol. The summed E-state index contributed by atoms with van der Waals surface area (Å²) >= 11 is 0. The van der Waals surface area contributed by atoms with Gasteiger partial charge in [-0.3, -0.25) is 37.3 Å². The van der Waals surface area contributed by atoms with Crippen molar-refractivity contribution in [2.75, 3.05) is 39.6 Å². The van der Waals surface area contributed by atoms with E-state index in [1.54, 1.807) is 0 Å². The molecule has 0 spiro atoms. The second-order valence-electron chi connectivity index (χ2n) is 33.4. The van der Waals surface area contributed by atoms with Crippen LogP contribution < -0.4 is 0 Å². The monoisotopic (exact) mass is 1580 g/mol. The fourth-order valence-corrected chi connectivity index (χ4v) is 15.5. The normalized spacial score (nSPS) is 13.8. The summed E-state index contributed by atoms with van der Waals surface area (Å²) in [7, 11) is -9.93. The average molecular weight is 1580 g/mol. The second kappa shape index (κ2) is 78.9. The van der Waals surface area contributed by atoms with Gasteiger partial charge in [-0.15, -0.1) is 0 Å². The smallest absolute Gasteiger partial charge is 0.462 e. The minimum Gasteiger partial charge on any atom is -0.462 e. The Morgan fingerprint density at radius 3 is 0.630 bits per heavy atom. The number of aliphatic hydroxyl groups is 1. The zero-order valence-corrected chi connectivity index (χ0v) is 73.1. The quantitative estimate of drug-likeness (QED) is 0.0222. The van der Waals surface area contributed by atoms with E-state index in [2.05, 4.69) is 48.5 Å². The van der Waals surface area contributed by atoms with E-state index < -0.39 is 97.5 Å². The summed E-state index contributed by atoms with van der Waals surface area (Å²) in [6.45, 7) is 12.1. The molecule has 0 aromatic carbocycles. The maximum atomic E-state index is 13.2. The van der Waals surface area contributed by atoms with Gasteiger partial charge in [-0.2, -0.15) is 0 Å². The van der Waals surface area contributed by atoms with Gasteiger partial charge in [0.2, 0.25) is 0 Å². The van der Waals surface area contributed by atoms with Gasteiger partial charge in [0.05, 0.1) is 26.4 Å². The standard InChI is InChI=1S/C89H174O17P2/c1-8-9-10-11-12-39-49-56-63-70-86(91)99-76-84(105-88(93)72-66-59-52-45-38-32-26-20-18-23-29-35-42-48-55-62-69-82(6)7)78-103-107(95,96)101-74-83(90)75-102-108(97,98)104-79-85(77-100-87(92)71-64-57-50-43-36-30-24-19-17-22-28-34-41-47-54-61-68-81(4)5)106-89(94)73-65-58-51-44-37-31-25-16-14-13-15-21-27-33-40-46-53-60-67-80(2)3/h80-85,90H,8-79H2,1-7H3,(H,95,96)(H,97,98)/t83-,84+,85+/m0/s1. The molecule has 0 aromatic rings. The summed E-state index contributed by atoms with van der Waals surface area (Å²) in [5.41, 5.74) is 0. The van der Waals surface area contributed by atoms with Crippen molar-refractivity contribution in [2.24, 2.45) is 17.8 Å². The summed E-state index contributed by atoms with van der Waals surface area (Å²) in [5, 5.41) is 10.7. The molecule has 2 unspecified atom stereocenters. The third-order valence-electron chi connectivity index (χ3n) is 20.9. The van der Waals surface area contributed by atoms with Crippen molar-refractivity contribution < 1.29 is 80.2 Å². The highest BCUT2D eigenvalue weighted by Crippen LogP contribution is 2.45. The van der Waals surface area contributed by atoms with E-state index in [1.165, 1.54) is 283 Å². The number of hydrogen-bond donors (Lipinski definition) is 3. The van der Waals surface area contributed by atoms with Crippen LogP contribution in [0.1, 0.15) is 472 Å². The van der Waals surface area contributed by atoms with E-state index >= 15 is 0 Å². The van der Waals surface area contributed by atoms with Crippen LogP contribution in [0.5, 0.6) is 0 Å². The minimum atomic E-state index is -4.97. The van der Waals surface area contributed by atoms with Gasteiger partial charge in [-0.25, -0.2) is 9.13 Å². The van der Waals surface area contributed by atoms with Gasteiger partial charge in [0.1, 0.15) is 19.3 Å². The molecule has 0 aliphatic carbocycles. The van der Waals surface area contributed by atoms with Crippen molar-refractivity contribution in [3.63, 3.8) is 0 Å². The molecule has 0 aromatic heterocycles. The van der Waals surface area contributed by atoms with Crippen LogP contribution in [0.3, 0.4) is 0 Å². The van der Waals surface area contributed by atoms with Crippen LogP contribution in [-0.2, 0) is 65.4 Å². The molecule has 0 amide bonds. The molecule has 0 aliphatic heterocycles. The van der Waals surface area contributed by atoms with Gasteiger partial charge < -0.3 is 33.8 Å². The number of phosphoric ester groups is 2. The van der Waals surface area contributed by atoms with E-state index in [-0.39, 0.29) is 25.7 Å². The lowest BCUT2D eigenvalue weighted by Crippen LogP contribution is -2.30. The Morgan fingerprint density at radius 2 is 0.426 bits per heavy atom. The molecule has 17 nitrogen and oxygen atoms in total. The summed E-state index contributed by atoms with van der Waals surface area (Å²) in [6.07, 6.45) is 70.9. The van der Waals surface area contributed by atoms with E-state index in [9.17, 15) is 43.2 Å². The number of hydrogen-bond acceptors (Lipinski definition) is 15. The van der Waals surface area contributed by atoms with Crippen molar-refractivity contribution in [2.45, 2.75) is 491 Å². The molecule has 0 rings (SSSR count). The lowest BCUT2D eigenvalue weighted by Gasteiger charge is -2.21. The van der Waals surface area contributed by atoms with E-state index in [1.807, 2.05) is 0 Å². The SMILES string of the molecule is CCCCCCCCCCCC(=O)OC[C@H](COP(=O)(O)OC[C@H](O)COP(=O)(O)OC[C@@H](COC(=O)CCCCCCCCCCCCCCCCCCC(C)C)OC(=O)CCCCCCCCCCCCCCCCCCCCC(C)C)OC(=O)CCCCCCCCCCCCCCCCCCC(C)C. The number of carbonyl (C=O) groups is 4. The fourth-order valence-electron chi connectivity index (χ4n) is 13.9. The largest absolute Gasteiger partial charge is 0.472 e. The maximum absolute atomic E-state index is 13.2. The number of ether oxygens (including phenoxy) is 4. The van der Waals surface area contributed by atoms with Gasteiger partial charge in [0.25, 0.3) is 0 Å². The molecule has 642 valence electrons. The van der Waals surface area contributed by atoms with E-state index in [0.29, 0.717) is 25.7 Å². The van der Waals surface area contributed by atoms with Crippen molar-refractivity contribution in [3.8, 4) is 0 Å². The van der Waals surface area contributed by atoms with Crippen LogP contribution in [-0.4, -0.2) is 96.7 Å². The Kier molecular flexibility index (Phi) is 77.5. The van der Waals surface area contributed by atoms with Crippen LogP contribution in [0.25, 0.3) is 0 Å². The summed E-state index contributed by atoms with van der Waals surface area (Å²) < 4.78 is 68.9. The highest BCUT2D eigenvalue weighted by molar-refractivity contribution is 7.47. The third kappa shape index (κ3) is 82.1. The van der Waals surface area contributed by atoms with Gasteiger partial charge in [0.15, 0.2) is 12.2 Å². The third-order valence-corrected chi connectivity index (χ3v) is 22.8. The first-order valence-corrected chi connectivity index (χ1v) is 48.8. The van der Waals surface area contributed by atoms with E-state index in [4.69, 9.17) is 37.0 Å². The molecule has 0 saturated carbocycles. The highest BCUT2D eigenvalue weighted by Gasteiger charge is 2.31. The molecule has 19 heteroatoms. The summed E-state index contributed by atoms with van der Waals surface area (Å²) in [4.78, 5) is 73.3. The van der Waals surface area contributed by atoms with Crippen LogP contribution in [0.4, 0.5) is 0 Å². The predicted octanol–water partition coefficient (Wildman–Crippen LogP) is 27.3. The molecule has 3 N–H and O–H groups in total. The van der Waals surface area contributed by atoms with Crippen molar-refractivity contribution in [3.05, 3.63) is 0 Å². The number of aliphatic hydroxyl groups excluding tert-OH is 1. The summed E-state index contributed by atoms with van der Waals surface area (Å²) in [6, 6.07) is 0. The molecule has 0 bridgehead atoms. The zero-order valence-electron chi connectivity index (χ0n) is 71.3. The minimum absolute atomic E-state index is 0.108. The predicted molar refractivity (Wildman–Crippen MR) is 446 cm³/mol.